The summed E-state index contributed by atoms with van der Waals surface area (Å²) in [5, 5.41) is 10.4. The summed E-state index contributed by atoms with van der Waals surface area (Å²) in [5.74, 6) is 0.657. The predicted molar refractivity (Wildman–Crippen MR) is 75.6 cm³/mol. The maximum atomic E-state index is 12.2. The number of carbonyl (C=O) groups is 1. The average Bonchev–Trinajstić information content (AvgIpc) is 2.56. The lowest BCUT2D eigenvalue weighted by Gasteiger charge is -2.26. The molecule has 118 valence electrons. The van der Waals surface area contributed by atoms with Crippen LogP contribution in [0.2, 0.25) is 0 Å². The minimum atomic E-state index is -3.35. The zero-order chi connectivity index (χ0) is 15.7. The summed E-state index contributed by atoms with van der Waals surface area (Å²) in [6.07, 6.45) is 0.181. The molecule has 8 nitrogen and oxygen atoms in total. The zero-order valence-electron chi connectivity index (χ0n) is 11.7. The Bertz CT molecular complexity index is 526. The second kappa shape index (κ2) is 8.57. The first kappa shape index (κ1) is 17.4. The predicted octanol–water partition coefficient (Wildman–Crippen LogP) is -0.589. The minimum Gasteiger partial charge on any atom is -0.497 e. The van der Waals surface area contributed by atoms with Crippen molar-refractivity contribution in [1.29, 1.82) is 0 Å². The normalized spacial score (nSPS) is 15.5. The molecule has 9 heteroatoms. The highest BCUT2D eigenvalue weighted by atomic mass is 32.2. The van der Waals surface area contributed by atoms with E-state index in [1.807, 2.05) is 0 Å². The van der Waals surface area contributed by atoms with Crippen LogP contribution in [-0.2, 0) is 14.8 Å². The van der Waals surface area contributed by atoms with Crippen molar-refractivity contribution in [1.82, 2.24) is 15.1 Å². The van der Waals surface area contributed by atoms with Gasteiger partial charge in [-0.15, -0.1) is 0 Å². The number of rotatable bonds is 4. The Morgan fingerprint density at radius 2 is 1.81 bits per heavy atom. The Morgan fingerprint density at radius 1 is 1.29 bits per heavy atom. The summed E-state index contributed by atoms with van der Waals surface area (Å²) in [7, 11) is -1.79. The van der Waals surface area contributed by atoms with Gasteiger partial charge in [0.05, 0.1) is 12.0 Å². The van der Waals surface area contributed by atoms with Crippen LogP contribution < -0.4 is 15.5 Å². The number of benzene rings is 1. The van der Waals surface area contributed by atoms with E-state index in [0.29, 0.717) is 36.8 Å². The van der Waals surface area contributed by atoms with Crippen molar-refractivity contribution in [2.45, 2.75) is 4.90 Å². The molecule has 0 atom stereocenters. The van der Waals surface area contributed by atoms with Crippen LogP contribution in [0.25, 0.3) is 0 Å². The van der Waals surface area contributed by atoms with Crippen molar-refractivity contribution in [2.24, 2.45) is 0 Å². The third-order valence-electron chi connectivity index (χ3n) is 2.83. The van der Waals surface area contributed by atoms with Crippen molar-refractivity contribution in [3.63, 3.8) is 0 Å². The van der Waals surface area contributed by atoms with Crippen molar-refractivity contribution >= 4 is 16.4 Å². The molecule has 1 aromatic carbocycles. The monoisotopic (exact) mass is 317 g/mol. The summed E-state index contributed by atoms with van der Waals surface area (Å²) >= 11 is 0. The maximum Gasteiger partial charge on any atom is 0.243 e. The van der Waals surface area contributed by atoms with Crippen molar-refractivity contribution < 1.29 is 23.2 Å². The fourth-order valence-corrected chi connectivity index (χ4v) is 3.22. The van der Waals surface area contributed by atoms with Gasteiger partial charge in [0, 0.05) is 26.2 Å². The van der Waals surface area contributed by atoms with Crippen LogP contribution in [0.3, 0.4) is 0 Å². The SMILES string of the molecule is COc1ccc(S(=O)(=O)N2CCNCC2)cc1.O=CNO. The molecule has 0 spiro atoms. The zero-order valence-corrected chi connectivity index (χ0v) is 12.5. The van der Waals surface area contributed by atoms with Gasteiger partial charge in [-0.2, -0.15) is 4.31 Å². The topological polar surface area (TPSA) is 108 Å². The van der Waals surface area contributed by atoms with Gasteiger partial charge < -0.3 is 10.1 Å². The minimum absolute atomic E-state index is 0.181. The molecule has 0 bridgehead atoms. The van der Waals surface area contributed by atoms with E-state index in [4.69, 9.17) is 14.7 Å². The van der Waals surface area contributed by atoms with Gasteiger partial charge in [-0.1, -0.05) is 0 Å². The first-order chi connectivity index (χ1) is 10.1. The Balaban J connectivity index is 0.000000491. The van der Waals surface area contributed by atoms with Gasteiger partial charge in [-0.25, -0.2) is 13.9 Å². The van der Waals surface area contributed by atoms with Crippen LogP contribution in [0.1, 0.15) is 0 Å². The van der Waals surface area contributed by atoms with E-state index >= 15 is 0 Å². The lowest BCUT2D eigenvalue weighted by atomic mass is 10.3. The molecule has 1 saturated heterocycles. The number of hydrogen-bond donors (Lipinski definition) is 3. The molecule has 21 heavy (non-hydrogen) atoms. The number of ether oxygens (including phenoxy) is 1. The lowest BCUT2D eigenvalue weighted by molar-refractivity contribution is -0.116. The molecule has 2 rings (SSSR count). The fourth-order valence-electron chi connectivity index (χ4n) is 1.78. The van der Waals surface area contributed by atoms with Crippen molar-refractivity contribution in [3.05, 3.63) is 24.3 Å². The third-order valence-corrected chi connectivity index (χ3v) is 4.74. The van der Waals surface area contributed by atoms with Crippen LogP contribution in [0.15, 0.2) is 29.2 Å². The highest BCUT2D eigenvalue weighted by Gasteiger charge is 2.25. The number of hydroxylamine groups is 1. The number of carbonyl (C=O) groups excluding carboxylic acids is 1. The van der Waals surface area contributed by atoms with E-state index in [0.717, 1.165) is 0 Å². The van der Waals surface area contributed by atoms with Crippen molar-refractivity contribution in [3.8, 4) is 5.75 Å². The number of piperazine rings is 1. The molecule has 0 saturated carbocycles. The van der Waals surface area contributed by atoms with E-state index in [2.05, 4.69) is 5.32 Å². The van der Waals surface area contributed by atoms with Crippen molar-refractivity contribution in [2.75, 3.05) is 33.3 Å². The van der Waals surface area contributed by atoms with Gasteiger partial charge >= 0.3 is 0 Å². The summed E-state index contributed by atoms with van der Waals surface area (Å²) < 4.78 is 31.0. The molecule has 0 aromatic heterocycles. The smallest absolute Gasteiger partial charge is 0.243 e. The molecule has 3 N–H and O–H groups in total. The highest BCUT2D eigenvalue weighted by Crippen LogP contribution is 2.19. The Morgan fingerprint density at radius 3 is 2.24 bits per heavy atom. The fraction of sp³-hybridized carbons (Fsp3) is 0.417. The lowest BCUT2D eigenvalue weighted by Crippen LogP contribution is -2.46. The van der Waals surface area contributed by atoms with Gasteiger partial charge in [0.15, 0.2) is 0 Å². The first-order valence-corrected chi connectivity index (χ1v) is 7.68. The van der Waals surface area contributed by atoms with E-state index in [1.165, 1.54) is 9.79 Å². The maximum absolute atomic E-state index is 12.2. The van der Waals surface area contributed by atoms with Gasteiger partial charge in [0.25, 0.3) is 0 Å². The largest absolute Gasteiger partial charge is 0.497 e. The average molecular weight is 317 g/mol. The standard InChI is InChI=1S/C11H16N2O3S.CH3NO2/c1-16-10-2-4-11(5-3-10)17(14,15)13-8-6-12-7-9-13;3-1-2-4/h2-5,12H,6-9H2,1H3;1,4H,(H,2,3). The van der Waals surface area contributed by atoms with Crippen LogP contribution in [0.4, 0.5) is 0 Å². The van der Waals surface area contributed by atoms with E-state index in [-0.39, 0.29) is 6.41 Å². The summed E-state index contributed by atoms with van der Waals surface area (Å²) in [5.41, 5.74) is 1.25. The second-order valence-electron chi connectivity index (χ2n) is 4.08. The van der Waals surface area contributed by atoms with Gasteiger partial charge in [0.2, 0.25) is 16.4 Å². The van der Waals surface area contributed by atoms with E-state index < -0.39 is 10.0 Å². The van der Waals surface area contributed by atoms with Gasteiger partial charge in [-0.05, 0) is 24.3 Å². The molecule has 1 heterocycles. The number of nitrogens with one attached hydrogen (secondary N) is 2. The summed E-state index contributed by atoms with van der Waals surface area (Å²) in [6, 6.07) is 6.48. The van der Waals surface area contributed by atoms with Crippen LogP contribution in [0, 0.1) is 0 Å². The van der Waals surface area contributed by atoms with Crippen LogP contribution in [0.5, 0.6) is 5.75 Å². The molecular formula is C12H19N3O5S. The van der Waals surface area contributed by atoms with Gasteiger partial charge in [0.1, 0.15) is 5.75 Å². The molecule has 1 amide bonds. The Hall–Kier alpha value is -1.68. The number of hydrogen-bond acceptors (Lipinski definition) is 6. The molecule has 1 aliphatic rings. The molecule has 1 aromatic rings. The molecule has 0 unspecified atom stereocenters. The Labute approximate surface area is 123 Å². The molecule has 1 fully saturated rings. The number of nitrogens with zero attached hydrogens (tertiary/aromatic N) is 1. The molecule has 1 aliphatic heterocycles. The number of amides is 1. The van der Waals surface area contributed by atoms with E-state index in [9.17, 15) is 8.42 Å². The third kappa shape index (κ3) is 4.97. The molecular weight excluding hydrogens is 298 g/mol. The van der Waals surface area contributed by atoms with Crippen LogP contribution >= 0.6 is 0 Å². The molecule has 0 radical (unpaired) electrons. The quantitative estimate of drug-likeness (QED) is 0.389. The number of methoxy groups -OCH3 is 1. The molecule has 0 aliphatic carbocycles. The highest BCUT2D eigenvalue weighted by molar-refractivity contribution is 7.89. The second-order valence-corrected chi connectivity index (χ2v) is 6.01. The Kier molecular flexibility index (Phi) is 7.09. The number of sulfonamides is 1. The summed E-state index contributed by atoms with van der Waals surface area (Å²) in [4.78, 5) is 9.13. The van der Waals surface area contributed by atoms with Crippen LogP contribution in [-0.4, -0.2) is 57.6 Å². The first-order valence-electron chi connectivity index (χ1n) is 6.24. The van der Waals surface area contributed by atoms with E-state index in [1.54, 1.807) is 31.4 Å². The summed E-state index contributed by atoms with van der Waals surface area (Å²) in [6.45, 7) is 2.45. The van der Waals surface area contributed by atoms with Gasteiger partial charge in [-0.3, -0.25) is 10.0 Å².